The largest absolute Gasteiger partial charge is 0.241 e. The van der Waals surface area contributed by atoms with Crippen molar-refractivity contribution in [3.63, 3.8) is 0 Å². The topological polar surface area (TPSA) is 70.0 Å². The van der Waals surface area contributed by atoms with Gasteiger partial charge in [0.05, 0.1) is 22.6 Å². The molecule has 1 aromatic carbocycles. The molecule has 0 saturated carbocycles. The SMILES string of the molecule is C#CC(C)NS(=O)(=O)c1ccc(C#N)c(C)c1. The Kier molecular flexibility index (Phi) is 3.90. The van der Waals surface area contributed by atoms with Crippen LogP contribution in [0.1, 0.15) is 18.1 Å². The molecule has 0 bridgehead atoms. The quantitative estimate of drug-likeness (QED) is 0.816. The summed E-state index contributed by atoms with van der Waals surface area (Å²) in [5.41, 5.74) is 1.07. The Balaban J connectivity index is 3.15. The van der Waals surface area contributed by atoms with E-state index in [1.54, 1.807) is 13.8 Å². The fourth-order valence-corrected chi connectivity index (χ4v) is 2.51. The van der Waals surface area contributed by atoms with Crippen LogP contribution in [0.3, 0.4) is 0 Å². The lowest BCUT2D eigenvalue weighted by atomic mass is 10.1. The van der Waals surface area contributed by atoms with Gasteiger partial charge in [-0.25, -0.2) is 8.42 Å². The van der Waals surface area contributed by atoms with Gasteiger partial charge in [0.2, 0.25) is 10.0 Å². The fraction of sp³-hybridized carbons (Fsp3) is 0.250. The van der Waals surface area contributed by atoms with Crippen LogP contribution < -0.4 is 4.72 Å². The number of rotatable bonds is 3. The summed E-state index contributed by atoms with van der Waals surface area (Å²) < 4.78 is 26.1. The number of terminal acetylenes is 1. The van der Waals surface area contributed by atoms with Gasteiger partial charge in [0, 0.05) is 0 Å². The second-order valence-corrected chi connectivity index (χ2v) is 5.31. The van der Waals surface area contributed by atoms with E-state index >= 15 is 0 Å². The van der Waals surface area contributed by atoms with Crippen molar-refractivity contribution >= 4 is 10.0 Å². The second kappa shape index (κ2) is 5.01. The molecule has 5 heteroatoms. The summed E-state index contributed by atoms with van der Waals surface area (Å²) >= 11 is 0. The minimum absolute atomic E-state index is 0.108. The number of benzene rings is 1. The fourth-order valence-electron chi connectivity index (χ4n) is 1.26. The second-order valence-electron chi connectivity index (χ2n) is 3.60. The number of nitrogens with one attached hydrogen (secondary N) is 1. The number of hydrogen-bond acceptors (Lipinski definition) is 3. The highest BCUT2D eigenvalue weighted by molar-refractivity contribution is 7.89. The lowest BCUT2D eigenvalue weighted by molar-refractivity contribution is 0.577. The summed E-state index contributed by atoms with van der Waals surface area (Å²) in [4.78, 5) is 0.108. The van der Waals surface area contributed by atoms with Crippen molar-refractivity contribution in [1.82, 2.24) is 4.72 Å². The Labute approximate surface area is 101 Å². The molecular weight excluding hydrogens is 236 g/mol. The van der Waals surface area contributed by atoms with Gasteiger partial charge in [0.15, 0.2) is 0 Å². The summed E-state index contributed by atoms with van der Waals surface area (Å²) in [6.45, 7) is 3.26. The first-order valence-electron chi connectivity index (χ1n) is 4.90. The van der Waals surface area contributed by atoms with E-state index in [1.807, 2.05) is 6.07 Å². The average molecular weight is 248 g/mol. The number of aryl methyl sites for hydroxylation is 1. The molecule has 4 nitrogen and oxygen atoms in total. The van der Waals surface area contributed by atoms with E-state index in [4.69, 9.17) is 11.7 Å². The normalized spacial score (nSPS) is 12.5. The molecule has 1 atom stereocenters. The minimum Gasteiger partial charge on any atom is -0.207 e. The third kappa shape index (κ3) is 3.07. The molecule has 0 saturated heterocycles. The van der Waals surface area contributed by atoms with Crippen LogP contribution in [0.4, 0.5) is 0 Å². The third-order valence-corrected chi connectivity index (χ3v) is 3.75. The maximum absolute atomic E-state index is 11.9. The van der Waals surface area contributed by atoms with Crippen molar-refractivity contribution < 1.29 is 8.42 Å². The number of nitriles is 1. The van der Waals surface area contributed by atoms with E-state index in [-0.39, 0.29) is 4.90 Å². The molecule has 17 heavy (non-hydrogen) atoms. The first kappa shape index (κ1) is 13.2. The summed E-state index contributed by atoms with van der Waals surface area (Å²) in [6.07, 6.45) is 5.11. The summed E-state index contributed by atoms with van der Waals surface area (Å²) in [5.74, 6) is 2.29. The van der Waals surface area contributed by atoms with Gasteiger partial charge < -0.3 is 0 Å². The smallest absolute Gasteiger partial charge is 0.207 e. The summed E-state index contributed by atoms with van der Waals surface area (Å²) in [7, 11) is -3.62. The van der Waals surface area contributed by atoms with E-state index in [1.165, 1.54) is 18.2 Å². The van der Waals surface area contributed by atoms with Crippen LogP contribution >= 0.6 is 0 Å². The zero-order chi connectivity index (χ0) is 13.1. The molecule has 1 unspecified atom stereocenters. The van der Waals surface area contributed by atoms with Gasteiger partial charge in [-0.1, -0.05) is 5.92 Å². The van der Waals surface area contributed by atoms with E-state index in [0.29, 0.717) is 11.1 Å². The average Bonchev–Trinajstić information content (AvgIpc) is 2.28. The standard InChI is InChI=1S/C12H12N2O2S/c1-4-10(3)14-17(15,16)12-6-5-11(8-13)9(2)7-12/h1,5-7,10,14H,2-3H3. The monoisotopic (exact) mass is 248 g/mol. The number of nitrogens with zero attached hydrogens (tertiary/aromatic N) is 1. The van der Waals surface area contributed by atoms with E-state index < -0.39 is 16.1 Å². The van der Waals surface area contributed by atoms with Crippen LogP contribution in [0.25, 0.3) is 0 Å². The first-order valence-corrected chi connectivity index (χ1v) is 6.38. The van der Waals surface area contributed by atoms with Crippen LogP contribution in [0.15, 0.2) is 23.1 Å². The van der Waals surface area contributed by atoms with Crippen molar-refractivity contribution in [2.75, 3.05) is 0 Å². The van der Waals surface area contributed by atoms with E-state index in [0.717, 1.165) is 0 Å². The van der Waals surface area contributed by atoms with Gasteiger partial charge in [0.1, 0.15) is 0 Å². The van der Waals surface area contributed by atoms with E-state index in [2.05, 4.69) is 10.6 Å². The molecule has 0 aliphatic carbocycles. The highest BCUT2D eigenvalue weighted by Gasteiger charge is 2.16. The maximum Gasteiger partial charge on any atom is 0.241 e. The summed E-state index contributed by atoms with van der Waals surface area (Å²) in [5, 5.41) is 8.75. The number of hydrogen-bond donors (Lipinski definition) is 1. The van der Waals surface area contributed by atoms with Crippen LogP contribution in [0.2, 0.25) is 0 Å². The molecule has 0 amide bonds. The van der Waals surface area contributed by atoms with Gasteiger partial charge in [-0.15, -0.1) is 6.42 Å². The molecule has 0 heterocycles. The molecule has 88 valence electrons. The van der Waals surface area contributed by atoms with Crippen LogP contribution in [0, 0.1) is 30.6 Å². The lowest BCUT2D eigenvalue weighted by Gasteiger charge is -2.09. The molecule has 0 aromatic heterocycles. The van der Waals surface area contributed by atoms with Crippen molar-refractivity contribution in [3.05, 3.63) is 29.3 Å². The van der Waals surface area contributed by atoms with Crippen molar-refractivity contribution in [2.45, 2.75) is 24.8 Å². The molecule has 0 fully saturated rings. The van der Waals surface area contributed by atoms with Gasteiger partial charge in [0.25, 0.3) is 0 Å². The Morgan fingerprint density at radius 1 is 1.47 bits per heavy atom. The zero-order valence-corrected chi connectivity index (χ0v) is 10.4. The Morgan fingerprint density at radius 2 is 2.12 bits per heavy atom. The predicted octanol–water partition coefficient (Wildman–Crippen LogP) is 1.17. The maximum atomic E-state index is 11.9. The molecule has 1 rings (SSSR count). The first-order chi connectivity index (χ1) is 7.90. The molecule has 0 aliphatic heterocycles. The van der Waals surface area contributed by atoms with Gasteiger partial charge in [-0.2, -0.15) is 9.98 Å². The van der Waals surface area contributed by atoms with Gasteiger partial charge >= 0.3 is 0 Å². The summed E-state index contributed by atoms with van der Waals surface area (Å²) in [6, 6.07) is 5.72. The van der Waals surface area contributed by atoms with Crippen LogP contribution in [0.5, 0.6) is 0 Å². The molecule has 0 radical (unpaired) electrons. The molecule has 1 N–H and O–H groups in total. The van der Waals surface area contributed by atoms with Crippen LogP contribution in [-0.2, 0) is 10.0 Å². The number of sulfonamides is 1. The Morgan fingerprint density at radius 3 is 2.59 bits per heavy atom. The van der Waals surface area contributed by atoms with Crippen LogP contribution in [-0.4, -0.2) is 14.5 Å². The molecule has 0 aliphatic rings. The minimum atomic E-state index is -3.62. The van der Waals surface area contributed by atoms with Crippen molar-refractivity contribution in [3.8, 4) is 18.4 Å². The predicted molar refractivity (Wildman–Crippen MR) is 64.5 cm³/mol. The van der Waals surface area contributed by atoms with Gasteiger partial charge in [-0.3, -0.25) is 0 Å². The zero-order valence-electron chi connectivity index (χ0n) is 9.56. The molecular formula is C12H12N2O2S. The Hall–Kier alpha value is -1.82. The Bertz CT molecular complexity index is 606. The highest BCUT2D eigenvalue weighted by atomic mass is 32.2. The lowest BCUT2D eigenvalue weighted by Crippen LogP contribution is -2.31. The molecule has 1 aromatic rings. The highest BCUT2D eigenvalue weighted by Crippen LogP contribution is 2.14. The van der Waals surface area contributed by atoms with Gasteiger partial charge in [-0.05, 0) is 37.6 Å². The van der Waals surface area contributed by atoms with Crippen molar-refractivity contribution in [2.24, 2.45) is 0 Å². The third-order valence-electron chi connectivity index (χ3n) is 2.21. The van der Waals surface area contributed by atoms with Crippen molar-refractivity contribution in [1.29, 1.82) is 5.26 Å². The molecule has 0 spiro atoms. The van der Waals surface area contributed by atoms with E-state index in [9.17, 15) is 8.42 Å².